The molecule has 2 rings (SSSR count). The number of methoxy groups -OCH3 is 4. The predicted molar refractivity (Wildman–Crippen MR) is 118 cm³/mol. The van der Waals surface area contributed by atoms with Crippen molar-refractivity contribution in [1.29, 1.82) is 0 Å². The third-order valence-electron chi connectivity index (χ3n) is 4.88. The van der Waals surface area contributed by atoms with Crippen LogP contribution >= 0.6 is 0 Å². The molecule has 6 nitrogen and oxygen atoms in total. The number of carbonyl (C=O) groups excluding carboxylic acids is 1. The van der Waals surface area contributed by atoms with Gasteiger partial charge in [0.05, 0.1) is 28.4 Å². The molecule has 0 saturated heterocycles. The second kappa shape index (κ2) is 11.9. The Kier molecular flexibility index (Phi) is 9.92. The number of benzene rings is 2. The van der Waals surface area contributed by atoms with Crippen molar-refractivity contribution in [2.75, 3.05) is 28.4 Å². The Balaban J connectivity index is 0.00000218. The van der Waals surface area contributed by atoms with Crippen LogP contribution in [0.3, 0.4) is 0 Å². The highest BCUT2D eigenvalue weighted by Gasteiger charge is 2.26. The molecule has 2 aromatic rings. The van der Waals surface area contributed by atoms with Crippen molar-refractivity contribution in [3.05, 3.63) is 60.2 Å². The van der Waals surface area contributed by atoms with Crippen LogP contribution in [-0.2, 0) is 4.79 Å². The minimum atomic E-state index is -0.983. The first-order valence-electron chi connectivity index (χ1n) is 9.57. The summed E-state index contributed by atoms with van der Waals surface area (Å²) in [6.07, 6.45) is -0.376. The molecule has 2 aromatic carbocycles. The number of ketones is 1. The Morgan fingerprint density at radius 3 is 1.77 bits per heavy atom. The Morgan fingerprint density at radius 2 is 1.33 bits per heavy atom. The minimum Gasteiger partial charge on any atom is -0.493 e. The van der Waals surface area contributed by atoms with Crippen LogP contribution in [0.1, 0.15) is 49.0 Å². The Labute approximate surface area is 179 Å². The zero-order chi connectivity index (χ0) is 22.8. The quantitative estimate of drug-likeness (QED) is 0.598. The van der Waals surface area contributed by atoms with Crippen molar-refractivity contribution in [2.24, 2.45) is 0 Å². The Bertz CT molecular complexity index is 846. The average Bonchev–Trinajstić information content (AvgIpc) is 2.79. The molecule has 6 heteroatoms. The van der Waals surface area contributed by atoms with E-state index in [1.807, 2.05) is 6.92 Å². The molecule has 1 N–H and O–H groups in total. The van der Waals surface area contributed by atoms with Gasteiger partial charge in [-0.05, 0) is 54.3 Å². The highest BCUT2D eigenvalue weighted by atomic mass is 16.5. The zero-order valence-electron chi connectivity index (χ0n) is 18.7. The number of hydrogen-bond donors (Lipinski definition) is 1. The fourth-order valence-electron chi connectivity index (χ4n) is 3.38. The van der Waals surface area contributed by atoms with E-state index in [4.69, 9.17) is 18.9 Å². The summed E-state index contributed by atoms with van der Waals surface area (Å²) < 4.78 is 21.4. The molecule has 0 amide bonds. The Hall–Kier alpha value is -2.99. The van der Waals surface area contributed by atoms with Gasteiger partial charge in [-0.3, -0.25) is 4.79 Å². The van der Waals surface area contributed by atoms with Crippen molar-refractivity contribution >= 4 is 5.78 Å². The van der Waals surface area contributed by atoms with Crippen LogP contribution in [0.15, 0.2) is 43.5 Å². The first kappa shape index (κ1) is 25.0. The Morgan fingerprint density at radius 1 is 0.867 bits per heavy atom. The van der Waals surface area contributed by atoms with Crippen molar-refractivity contribution in [3.8, 4) is 23.0 Å². The maximum Gasteiger partial charge on any atom is 0.161 e. The summed E-state index contributed by atoms with van der Waals surface area (Å²) in [4.78, 5) is 12.2. The normalized spacial score (nSPS) is 12.1. The summed E-state index contributed by atoms with van der Waals surface area (Å²) in [5.41, 5.74) is 1.92. The molecule has 164 valence electrons. The fraction of sp³-hybridized carbons (Fsp3) is 0.375. The van der Waals surface area contributed by atoms with E-state index < -0.39 is 6.10 Å². The number of carbonyl (C=O) groups is 1. The van der Waals surface area contributed by atoms with E-state index in [1.54, 1.807) is 58.6 Å². The van der Waals surface area contributed by atoms with Gasteiger partial charge in [0.25, 0.3) is 0 Å². The second-order valence-electron chi connectivity index (χ2n) is 6.42. The van der Waals surface area contributed by atoms with Crippen molar-refractivity contribution in [3.63, 3.8) is 0 Å². The molecule has 0 fully saturated rings. The molecule has 0 saturated carbocycles. The van der Waals surface area contributed by atoms with Gasteiger partial charge in [0.15, 0.2) is 23.0 Å². The molecular weight excluding hydrogens is 384 g/mol. The molecule has 2 unspecified atom stereocenters. The molecule has 0 aliphatic heterocycles. The predicted octanol–water partition coefficient (Wildman–Crippen LogP) is 4.69. The number of hydrogen-bond acceptors (Lipinski definition) is 6. The van der Waals surface area contributed by atoms with E-state index in [-0.39, 0.29) is 11.7 Å². The lowest BCUT2D eigenvalue weighted by atomic mass is 9.85. The summed E-state index contributed by atoms with van der Waals surface area (Å²) >= 11 is 0. The molecule has 0 aliphatic rings. The molecule has 0 radical (unpaired) electrons. The molecule has 2 atom stereocenters. The molecular formula is C24H32O6. The van der Waals surface area contributed by atoms with Gasteiger partial charge in [-0.25, -0.2) is 0 Å². The van der Waals surface area contributed by atoms with Crippen molar-refractivity contribution in [1.82, 2.24) is 0 Å². The number of aliphatic hydroxyl groups is 1. The van der Waals surface area contributed by atoms with E-state index in [0.717, 1.165) is 5.56 Å². The van der Waals surface area contributed by atoms with E-state index in [0.29, 0.717) is 40.5 Å². The van der Waals surface area contributed by atoms with Gasteiger partial charge in [0.2, 0.25) is 0 Å². The number of Topliss-reactive ketones (excluding diaryl/α,β-unsaturated/α-hetero) is 1. The van der Waals surface area contributed by atoms with Crippen LogP contribution < -0.4 is 18.9 Å². The van der Waals surface area contributed by atoms with E-state index >= 15 is 0 Å². The lowest BCUT2D eigenvalue weighted by molar-refractivity contribution is -0.118. The highest BCUT2D eigenvalue weighted by Crippen LogP contribution is 2.41. The van der Waals surface area contributed by atoms with Crippen LogP contribution in [0, 0.1) is 0 Å². The minimum absolute atomic E-state index is 0.0236. The maximum atomic E-state index is 12.2. The van der Waals surface area contributed by atoms with Gasteiger partial charge in [0.1, 0.15) is 11.9 Å². The van der Waals surface area contributed by atoms with Gasteiger partial charge in [-0.2, -0.15) is 0 Å². The summed E-state index contributed by atoms with van der Waals surface area (Å²) in [6, 6.07) is 8.72. The van der Waals surface area contributed by atoms with Crippen LogP contribution in [0.25, 0.3) is 0 Å². The third kappa shape index (κ3) is 5.33. The maximum absolute atomic E-state index is 12.2. The number of aliphatic hydroxyl groups excluding tert-OH is 1. The molecule has 30 heavy (non-hydrogen) atoms. The van der Waals surface area contributed by atoms with E-state index in [1.165, 1.54) is 7.11 Å². The second-order valence-corrected chi connectivity index (χ2v) is 6.42. The SMILES string of the molecule is C=C.CCC(C(C)=O)c1cc(OC)c(OC)cc1C(O)c1ccc(OC)c(OC)c1. The summed E-state index contributed by atoms with van der Waals surface area (Å²) in [5, 5.41) is 11.2. The fourth-order valence-corrected chi connectivity index (χ4v) is 3.38. The van der Waals surface area contributed by atoms with Crippen LogP contribution in [0.5, 0.6) is 23.0 Å². The number of rotatable bonds is 9. The standard InChI is InChI=1S/C22H28O6.C2H4/c1-7-15(13(2)23)16-11-20(27-5)21(28-6)12-17(16)22(24)14-8-9-18(25-3)19(10-14)26-4;1-2/h8-12,15,22,24H,7H2,1-6H3;1-2H2. The molecule has 0 aliphatic carbocycles. The largest absolute Gasteiger partial charge is 0.493 e. The molecule has 0 heterocycles. The first-order valence-corrected chi connectivity index (χ1v) is 9.57. The van der Waals surface area contributed by atoms with Gasteiger partial charge in [-0.15, -0.1) is 13.2 Å². The molecule has 0 spiro atoms. The van der Waals surface area contributed by atoms with E-state index in [2.05, 4.69) is 13.2 Å². The zero-order valence-corrected chi connectivity index (χ0v) is 18.7. The molecule has 0 bridgehead atoms. The van der Waals surface area contributed by atoms with Crippen LogP contribution in [0.2, 0.25) is 0 Å². The third-order valence-corrected chi connectivity index (χ3v) is 4.88. The monoisotopic (exact) mass is 416 g/mol. The van der Waals surface area contributed by atoms with E-state index in [9.17, 15) is 9.90 Å². The number of ether oxygens (including phenoxy) is 4. The van der Waals surface area contributed by atoms with Crippen LogP contribution in [-0.4, -0.2) is 39.3 Å². The van der Waals surface area contributed by atoms with Gasteiger partial charge < -0.3 is 24.1 Å². The van der Waals surface area contributed by atoms with Crippen molar-refractivity contribution < 1.29 is 28.8 Å². The lowest BCUT2D eigenvalue weighted by Gasteiger charge is -2.23. The van der Waals surface area contributed by atoms with Crippen LogP contribution in [0.4, 0.5) is 0 Å². The summed E-state index contributed by atoms with van der Waals surface area (Å²) in [7, 11) is 6.17. The lowest BCUT2D eigenvalue weighted by Crippen LogP contribution is -2.14. The van der Waals surface area contributed by atoms with Gasteiger partial charge >= 0.3 is 0 Å². The highest BCUT2D eigenvalue weighted by molar-refractivity contribution is 5.84. The van der Waals surface area contributed by atoms with Crippen molar-refractivity contribution in [2.45, 2.75) is 32.3 Å². The molecule has 0 aromatic heterocycles. The topological polar surface area (TPSA) is 74.2 Å². The summed E-state index contributed by atoms with van der Waals surface area (Å²) in [5.74, 6) is 1.75. The summed E-state index contributed by atoms with van der Waals surface area (Å²) in [6.45, 7) is 9.49. The van der Waals surface area contributed by atoms with Gasteiger partial charge in [-0.1, -0.05) is 13.0 Å². The smallest absolute Gasteiger partial charge is 0.161 e. The van der Waals surface area contributed by atoms with Gasteiger partial charge in [0, 0.05) is 5.92 Å². The average molecular weight is 417 g/mol. The first-order chi connectivity index (χ1) is 14.4.